The fourth-order valence-corrected chi connectivity index (χ4v) is 3.87. The second-order valence-corrected chi connectivity index (χ2v) is 8.46. The van der Waals surface area contributed by atoms with Crippen molar-refractivity contribution in [1.82, 2.24) is 19.2 Å². The Bertz CT molecular complexity index is 687. The number of allylic oxidation sites excluding steroid dienone is 1. The van der Waals surface area contributed by atoms with Gasteiger partial charge < -0.3 is 14.5 Å². The minimum Gasteiger partial charge on any atom is -0.447 e. The number of carbonyl (C=O) groups excluding carboxylic acids is 1. The van der Waals surface area contributed by atoms with Crippen molar-refractivity contribution in [1.29, 1.82) is 0 Å². The van der Waals surface area contributed by atoms with Gasteiger partial charge in [-0.3, -0.25) is 0 Å². The van der Waals surface area contributed by atoms with Gasteiger partial charge in [0.2, 0.25) is 5.95 Å². The van der Waals surface area contributed by atoms with Gasteiger partial charge in [0.05, 0.1) is 13.2 Å². The van der Waals surface area contributed by atoms with E-state index in [0.717, 1.165) is 63.6 Å². The van der Waals surface area contributed by atoms with Gasteiger partial charge in [0.25, 0.3) is 0 Å². The van der Waals surface area contributed by atoms with Gasteiger partial charge in [0.15, 0.2) is 0 Å². The highest BCUT2D eigenvalue weighted by Crippen LogP contribution is 2.21. The van der Waals surface area contributed by atoms with Crippen molar-refractivity contribution in [2.75, 3.05) is 51.3 Å². The molecule has 1 aromatic heterocycles. The number of carbonyl (C=O) groups is 1. The summed E-state index contributed by atoms with van der Waals surface area (Å²) < 4.78 is 12.3. The summed E-state index contributed by atoms with van der Waals surface area (Å²) in [6.45, 7) is 8.59. The highest BCUT2D eigenvalue weighted by Gasteiger charge is 2.23. The van der Waals surface area contributed by atoms with Crippen molar-refractivity contribution < 1.29 is 18.8 Å². The summed E-state index contributed by atoms with van der Waals surface area (Å²) in [7, 11) is 1.50. The number of hydrogen-bond acceptors (Lipinski definition) is 9. The number of likely N-dealkylation sites (tertiary alicyclic amines) is 1. The lowest BCUT2D eigenvalue weighted by Crippen LogP contribution is -2.44. The first-order valence-corrected chi connectivity index (χ1v) is 11.1. The number of aromatic nitrogens is 2. The van der Waals surface area contributed by atoms with Crippen LogP contribution in [0.25, 0.3) is 6.08 Å². The van der Waals surface area contributed by atoms with Crippen LogP contribution in [-0.2, 0) is 14.0 Å². The topological polar surface area (TPSA) is 80.3 Å². The quantitative estimate of drug-likeness (QED) is 0.277. The Morgan fingerprint density at radius 3 is 2.40 bits per heavy atom. The van der Waals surface area contributed by atoms with E-state index in [9.17, 15) is 4.79 Å². The van der Waals surface area contributed by atoms with Crippen LogP contribution in [0.15, 0.2) is 18.5 Å². The molecule has 0 atom stereocenters. The van der Waals surface area contributed by atoms with Crippen LogP contribution in [0.2, 0.25) is 0 Å². The number of amides is 1. The largest absolute Gasteiger partial charge is 0.447 e. The third-order valence-corrected chi connectivity index (χ3v) is 5.85. The number of piperazine rings is 1. The number of piperidine rings is 1. The summed E-state index contributed by atoms with van der Waals surface area (Å²) in [5.41, 5.74) is 0.989. The van der Waals surface area contributed by atoms with Crippen LogP contribution in [0.4, 0.5) is 10.7 Å². The predicted octanol–water partition coefficient (Wildman–Crippen LogP) is 3.01. The molecule has 10 heteroatoms. The van der Waals surface area contributed by atoms with Crippen LogP contribution in [0.1, 0.15) is 32.3 Å². The summed E-state index contributed by atoms with van der Waals surface area (Å²) in [6.07, 6.45) is 9.61. The second kappa shape index (κ2) is 11.5. The van der Waals surface area contributed by atoms with E-state index in [-0.39, 0.29) is 12.2 Å². The molecular formula is C20H31N5O4S. The van der Waals surface area contributed by atoms with Gasteiger partial charge in [0, 0.05) is 57.2 Å². The van der Waals surface area contributed by atoms with Crippen molar-refractivity contribution in [3.63, 3.8) is 0 Å². The molecule has 0 radical (unpaired) electrons. The smallest absolute Gasteiger partial charge is 0.410 e. The van der Waals surface area contributed by atoms with E-state index in [1.807, 2.05) is 26.2 Å². The van der Waals surface area contributed by atoms with Gasteiger partial charge in [-0.2, -0.15) is 0 Å². The molecule has 30 heavy (non-hydrogen) atoms. The van der Waals surface area contributed by atoms with E-state index in [2.05, 4.69) is 36.2 Å². The van der Waals surface area contributed by atoms with Crippen LogP contribution in [0.5, 0.6) is 0 Å². The highest BCUT2D eigenvalue weighted by molar-refractivity contribution is 7.92. The van der Waals surface area contributed by atoms with Gasteiger partial charge in [-0.25, -0.2) is 24.0 Å². The van der Waals surface area contributed by atoms with Crippen molar-refractivity contribution in [2.45, 2.75) is 32.8 Å². The molecule has 0 aliphatic carbocycles. The van der Waals surface area contributed by atoms with E-state index in [4.69, 9.17) is 9.07 Å². The summed E-state index contributed by atoms with van der Waals surface area (Å²) in [4.78, 5) is 29.6. The summed E-state index contributed by atoms with van der Waals surface area (Å²) in [5, 5.41) is 0. The summed E-state index contributed by atoms with van der Waals surface area (Å²) in [6, 6.07) is 0. The summed E-state index contributed by atoms with van der Waals surface area (Å²) in [5.74, 6) is 1.20. The van der Waals surface area contributed by atoms with Crippen LogP contribution in [0, 0.1) is 5.92 Å². The maximum absolute atomic E-state index is 12.0. The molecule has 0 unspecified atom stereocenters. The number of hydrogen-bond donors (Lipinski definition) is 0. The Morgan fingerprint density at radius 2 is 1.80 bits per heavy atom. The van der Waals surface area contributed by atoms with Crippen molar-refractivity contribution in [2.24, 2.45) is 5.92 Å². The number of rotatable bonds is 7. The van der Waals surface area contributed by atoms with E-state index in [1.54, 1.807) is 4.90 Å². The van der Waals surface area contributed by atoms with E-state index < -0.39 is 0 Å². The monoisotopic (exact) mass is 437 g/mol. The molecule has 0 spiro atoms. The first kappa shape index (κ1) is 22.8. The third kappa shape index (κ3) is 6.83. The van der Waals surface area contributed by atoms with Crippen LogP contribution in [0.3, 0.4) is 0 Å². The Kier molecular flexibility index (Phi) is 8.74. The fraction of sp³-hybridized carbons (Fsp3) is 0.650. The Hall–Kier alpha value is -1.88. The van der Waals surface area contributed by atoms with Gasteiger partial charge in [-0.15, -0.1) is 4.33 Å². The molecule has 0 bridgehead atoms. The Morgan fingerprint density at radius 1 is 1.13 bits per heavy atom. The zero-order valence-electron chi connectivity index (χ0n) is 17.9. The average Bonchev–Trinajstić information content (AvgIpc) is 2.77. The van der Waals surface area contributed by atoms with Crippen molar-refractivity contribution >= 4 is 30.3 Å². The van der Waals surface area contributed by atoms with Crippen LogP contribution >= 0.6 is 12.2 Å². The van der Waals surface area contributed by atoms with Crippen LogP contribution in [-0.4, -0.2) is 77.7 Å². The van der Waals surface area contributed by atoms with E-state index in [1.165, 1.54) is 19.3 Å². The molecule has 2 saturated heterocycles. The molecule has 9 nitrogen and oxygen atoms in total. The fourth-order valence-electron chi connectivity index (χ4n) is 3.41. The zero-order chi connectivity index (χ0) is 21.3. The number of ether oxygens (including phenoxy) is 1. The SMILES string of the molecule is COOSN1CCN(c2ncc(C=CC3CCN(C(=O)OC(C)C)CC3)cn2)CC1. The Balaban J connectivity index is 1.43. The molecule has 0 saturated carbocycles. The lowest BCUT2D eigenvalue weighted by molar-refractivity contribution is -0.163. The van der Waals surface area contributed by atoms with Gasteiger partial charge in [-0.05, 0) is 32.6 Å². The molecule has 166 valence electrons. The molecule has 3 rings (SSSR count). The third-order valence-electron chi connectivity index (χ3n) is 5.08. The average molecular weight is 438 g/mol. The molecule has 2 fully saturated rings. The molecular weight excluding hydrogens is 406 g/mol. The first-order chi connectivity index (χ1) is 14.5. The normalized spacial score (nSPS) is 19.1. The first-order valence-electron chi connectivity index (χ1n) is 10.4. The maximum Gasteiger partial charge on any atom is 0.410 e. The highest BCUT2D eigenvalue weighted by atomic mass is 32.2. The standard InChI is InChI=1S/C20H31N5O4S/c1-16(2)28-20(26)24-8-6-17(7-9-24)4-5-18-14-21-19(22-15-18)23-10-12-25(13-11-23)30-29-27-3/h4-5,14-17H,6-13H2,1-3H3. The zero-order valence-corrected chi connectivity index (χ0v) is 18.7. The minimum absolute atomic E-state index is 0.0782. The maximum atomic E-state index is 12.0. The lowest BCUT2D eigenvalue weighted by atomic mass is 9.96. The molecule has 2 aliphatic rings. The predicted molar refractivity (Wildman–Crippen MR) is 116 cm³/mol. The molecule has 0 N–H and O–H groups in total. The molecule has 3 heterocycles. The second-order valence-electron chi connectivity index (χ2n) is 7.66. The summed E-state index contributed by atoms with van der Waals surface area (Å²) >= 11 is 1.23. The van der Waals surface area contributed by atoms with E-state index >= 15 is 0 Å². The van der Waals surface area contributed by atoms with Gasteiger partial charge >= 0.3 is 6.09 Å². The molecule has 1 aromatic rings. The van der Waals surface area contributed by atoms with Crippen molar-refractivity contribution in [3.8, 4) is 0 Å². The molecule has 0 aromatic carbocycles. The van der Waals surface area contributed by atoms with Gasteiger partial charge in [0.1, 0.15) is 12.2 Å². The van der Waals surface area contributed by atoms with E-state index in [0.29, 0.717) is 5.92 Å². The van der Waals surface area contributed by atoms with Crippen molar-refractivity contribution in [3.05, 3.63) is 24.0 Å². The molecule has 1 amide bonds. The van der Waals surface area contributed by atoms with Crippen LogP contribution < -0.4 is 4.90 Å². The number of nitrogens with zero attached hydrogens (tertiary/aromatic N) is 5. The minimum atomic E-state index is -0.206. The molecule has 2 aliphatic heterocycles. The van der Waals surface area contributed by atoms with Gasteiger partial charge in [-0.1, -0.05) is 12.2 Å². The Labute approximate surface area is 182 Å². The lowest BCUT2D eigenvalue weighted by Gasteiger charge is -2.32. The number of anilines is 1.